The minimum Gasteiger partial charge on any atom is -0.285 e. The molecule has 0 aromatic heterocycles. The van der Waals surface area contributed by atoms with Crippen LogP contribution in [0.4, 0.5) is 0 Å². The van der Waals surface area contributed by atoms with Crippen molar-refractivity contribution in [2.45, 2.75) is 19.8 Å². The summed E-state index contributed by atoms with van der Waals surface area (Å²) in [6.45, 7) is 1.93. The molecule has 0 radical (unpaired) electrons. The molecule has 1 aliphatic rings. The largest absolute Gasteiger partial charge is 0.285 e. The monoisotopic (exact) mass is 108 g/mol. The van der Waals surface area contributed by atoms with Gasteiger partial charge >= 0.3 is 0 Å². The van der Waals surface area contributed by atoms with Gasteiger partial charge in [-0.05, 0) is 12.3 Å². The first-order valence-corrected chi connectivity index (χ1v) is 2.83. The Morgan fingerprint density at radius 1 is 1.75 bits per heavy atom. The Balaban J connectivity index is 2.69. The van der Waals surface area contributed by atoms with Crippen LogP contribution < -0.4 is 0 Å². The summed E-state index contributed by atoms with van der Waals surface area (Å²) >= 11 is 0. The minimum atomic E-state index is 0.108. The molecule has 0 bridgehead atoms. The van der Waals surface area contributed by atoms with Gasteiger partial charge in [0.2, 0.25) is 5.78 Å². The quantitative estimate of drug-likeness (QED) is 0.334. The number of carbonyl (C=O) groups excluding carboxylic acids is 1. The normalized spacial score (nSPS) is 26.6. The van der Waals surface area contributed by atoms with Gasteiger partial charge in [-0.3, -0.25) is 4.79 Å². The van der Waals surface area contributed by atoms with Crippen molar-refractivity contribution in [2.24, 2.45) is 5.92 Å². The van der Waals surface area contributed by atoms with E-state index in [0.29, 0.717) is 0 Å². The van der Waals surface area contributed by atoms with Crippen LogP contribution in [-0.2, 0) is 4.79 Å². The number of rotatable bonds is 0. The van der Waals surface area contributed by atoms with Crippen LogP contribution in [0.1, 0.15) is 19.8 Å². The van der Waals surface area contributed by atoms with Gasteiger partial charge in [-0.25, -0.2) is 0 Å². The summed E-state index contributed by atoms with van der Waals surface area (Å²) in [7, 11) is 0. The third kappa shape index (κ3) is 0.894. The molecule has 0 heterocycles. The number of hydrogen-bond donors (Lipinski definition) is 0. The van der Waals surface area contributed by atoms with Crippen LogP contribution in [-0.4, -0.2) is 5.78 Å². The van der Waals surface area contributed by atoms with Crippen LogP contribution in [0.5, 0.6) is 0 Å². The van der Waals surface area contributed by atoms with Crippen LogP contribution in [0.25, 0.3) is 0 Å². The molecule has 0 fully saturated rings. The van der Waals surface area contributed by atoms with Crippen molar-refractivity contribution in [1.82, 2.24) is 0 Å². The summed E-state index contributed by atoms with van der Waals surface area (Å²) in [5.74, 6) is 5.61. The van der Waals surface area contributed by atoms with Gasteiger partial charge in [0.25, 0.3) is 0 Å². The molecular weight excluding hydrogens is 100 g/mol. The number of carbonyl (C=O) groups is 1. The molecule has 0 saturated heterocycles. The zero-order chi connectivity index (χ0) is 5.98. The van der Waals surface area contributed by atoms with E-state index >= 15 is 0 Å². The lowest BCUT2D eigenvalue weighted by Crippen LogP contribution is -2.10. The third-order valence-corrected chi connectivity index (χ3v) is 1.36. The fourth-order valence-corrected chi connectivity index (χ4v) is 0.693. The molecule has 1 atom stereocenters. The lowest BCUT2D eigenvalue weighted by Gasteiger charge is -2.05. The van der Waals surface area contributed by atoms with Gasteiger partial charge in [-0.1, -0.05) is 12.8 Å². The fourth-order valence-electron chi connectivity index (χ4n) is 0.693. The van der Waals surface area contributed by atoms with E-state index in [1.54, 1.807) is 0 Å². The zero-order valence-corrected chi connectivity index (χ0v) is 4.90. The lowest BCUT2D eigenvalue weighted by molar-refractivity contribution is -0.117. The van der Waals surface area contributed by atoms with Crippen molar-refractivity contribution in [1.29, 1.82) is 0 Å². The second-order valence-corrected chi connectivity index (χ2v) is 2.11. The molecule has 0 N–H and O–H groups in total. The summed E-state index contributed by atoms with van der Waals surface area (Å²) in [5.41, 5.74) is 0. The zero-order valence-electron chi connectivity index (χ0n) is 4.90. The van der Waals surface area contributed by atoms with Crippen molar-refractivity contribution in [3.8, 4) is 11.8 Å². The van der Waals surface area contributed by atoms with Crippen LogP contribution in [0.15, 0.2) is 0 Å². The standard InChI is InChI=1S/C7H8O/c1-6-4-2-3-5-7(6)8/h6H,2,4H2,1H3. The Kier molecular flexibility index (Phi) is 1.34. The Bertz CT molecular complexity index is 159. The van der Waals surface area contributed by atoms with Crippen molar-refractivity contribution in [3.63, 3.8) is 0 Å². The maximum absolute atomic E-state index is 10.6. The van der Waals surface area contributed by atoms with Gasteiger partial charge < -0.3 is 0 Å². The average Bonchev–Trinajstić information content (AvgIpc) is 1.77. The molecule has 8 heavy (non-hydrogen) atoms. The molecule has 0 saturated carbocycles. The highest BCUT2D eigenvalue weighted by Crippen LogP contribution is 2.08. The van der Waals surface area contributed by atoms with Gasteiger partial charge in [-0.15, -0.1) is 0 Å². The molecule has 1 nitrogen and oxygen atoms in total. The number of hydrogen-bond acceptors (Lipinski definition) is 1. The van der Waals surface area contributed by atoms with E-state index in [1.807, 2.05) is 6.92 Å². The summed E-state index contributed by atoms with van der Waals surface area (Å²) in [4.78, 5) is 10.6. The van der Waals surface area contributed by atoms with E-state index in [4.69, 9.17) is 0 Å². The fraction of sp³-hybridized carbons (Fsp3) is 0.571. The van der Waals surface area contributed by atoms with Crippen molar-refractivity contribution in [2.75, 3.05) is 0 Å². The predicted molar refractivity (Wildman–Crippen MR) is 31.2 cm³/mol. The van der Waals surface area contributed by atoms with Crippen LogP contribution in [0, 0.1) is 17.8 Å². The van der Waals surface area contributed by atoms with E-state index < -0.39 is 0 Å². The van der Waals surface area contributed by atoms with Crippen molar-refractivity contribution in [3.05, 3.63) is 0 Å². The summed E-state index contributed by atoms with van der Waals surface area (Å²) < 4.78 is 0. The van der Waals surface area contributed by atoms with E-state index in [0.717, 1.165) is 12.8 Å². The maximum Gasteiger partial charge on any atom is 0.208 e. The topological polar surface area (TPSA) is 17.1 Å². The Hall–Kier alpha value is -0.770. The predicted octanol–water partition coefficient (Wildman–Crippen LogP) is 0.989. The van der Waals surface area contributed by atoms with Crippen molar-refractivity contribution >= 4 is 5.78 Å². The Morgan fingerprint density at radius 3 is 2.88 bits per heavy atom. The second-order valence-electron chi connectivity index (χ2n) is 2.11. The third-order valence-electron chi connectivity index (χ3n) is 1.36. The summed E-state index contributed by atoms with van der Waals surface area (Å²) in [6.07, 6.45) is 1.85. The maximum atomic E-state index is 10.6. The molecular formula is C7H8O. The minimum absolute atomic E-state index is 0.108. The van der Waals surface area contributed by atoms with Crippen LogP contribution >= 0.6 is 0 Å². The lowest BCUT2D eigenvalue weighted by atomic mass is 9.97. The summed E-state index contributed by atoms with van der Waals surface area (Å²) in [5, 5.41) is 0. The molecule has 1 aliphatic carbocycles. The first-order valence-electron chi connectivity index (χ1n) is 2.83. The molecule has 42 valence electrons. The molecule has 1 heteroatoms. The van der Waals surface area contributed by atoms with Gasteiger partial charge in [0, 0.05) is 12.3 Å². The number of ketones is 1. The SMILES string of the molecule is CC1CCC#CC1=O. The first-order chi connectivity index (χ1) is 3.80. The molecule has 0 spiro atoms. The van der Waals surface area contributed by atoms with E-state index in [1.165, 1.54) is 0 Å². The molecule has 1 rings (SSSR count). The highest BCUT2D eigenvalue weighted by atomic mass is 16.1. The van der Waals surface area contributed by atoms with E-state index in [-0.39, 0.29) is 11.7 Å². The number of Topliss-reactive ketones (excluding diaryl/α,β-unsaturated/α-hetero) is 1. The molecule has 0 aliphatic heterocycles. The molecule has 0 aromatic carbocycles. The highest BCUT2D eigenvalue weighted by Gasteiger charge is 2.11. The van der Waals surface area contributed by atoms with E-state index in [2.05, 4.69) is 11.8 Å². The molecule has 0 aromatic rings. The average molecular weight is 108 g/mol. The van der Waals surface area contributed by atoms with Crippen LogP contribution in [0.2, 0.25) is 0 Å². The van der Waals surface area contributed by atoms with Crippen LogP contribution in [0.3, 0.4) is 0 Å². The Labute approximate surface area is 49.1 Å². The highest BCUT2D eigenvalue weighted by molar-refractivity contribution is 5.97. The summed E-state index contributed by atoms with van der Waals surface area (Å²) in [6, 6.07) is 0. The van der Waals surface area contributed by atoms with Gasteiger partial charge in [0.15, 0.2) is 0 Å². The Morgan fingerprint density at radius 2 is 2.50 bits per heavy atom. The first kappa shape index (κ1) is 5.37. The van der Waals surface area contributed by atoms with Gasteiger partial charge in [0.05, 0.1) is 0 Å². The van der Waals surface area contributed by atoms with Crippen molar-refractivity contribution < 1.29 is 4.79 Å². The van der Waals surface area contributed by atoms with Gasteiger partial charge in [0.1, 0.15) is 0 Å². The van der Waals surface area contributed by atoms with E-state index in [9.17, 15) is 4.79 Å². The second kappa shape index (κ2) is 2.00. The van der Waals surface area contributed by atoms with Gasteiger partial charge in [-0.2, -0.15) is 0 Å². The smallest absolute Gasteiger partial charge is 0.208 e. The molecule has 1 unspecified atom stereocenters. The molecule has 0 amide bonds.